The average Bonchev–Trinajstić information content (AvgIpc) is 2.46. The van der Waals surface area contributed by atoms with Gasteiger partial charge in [-0.2, -0.15) is 0 Å². The highest BCUT2D eigenvalue weighted by atomic mass is 16.1. The number of carbonyl (C=O) groups is 1. The van der Waals surface area contributed by atoms with E-state index in [1.165, 1.54) is 12.8 Å². The van der Waals surface area contributed by atoms with Gasteiger partial charge in [0, 0.05) is 18.2 Å². The quantitative estimate of drug-likeness (QED) is 0.872. The minimum Gasteiger partial charge on any atom is -0.350 e. The molecule has 1 aromatic rings. The Morgan fingerprint density at radius 2 is 2.21 bits per heavy atom. The van der Waals surface area contributed by atoms with Crippen LogP contribution in [0.2, 0.25) is 0 Å². The summed E-state index contributed by atoms with van der Waals surface area (Å²) in [5.41, 5.74) is 1.93. The Bertz CT molecular complexity index is 431. The molecule has 1 heterocycles. The zero-order valence-corrected chi connectivity index (χ0v) is 11.9. The summed E-state index contributed by atoms with van der Waals surface area (Å²) in [5.74, 6) is 0.687. The maximum Gasteiger partial charge on any atom is 0.251 e. The molecule has 1 saturated heterocycles. The second-order valence-electron chi connectivity index (χ2n) is 5.40. The van der Waals surface area contributed by atoms with E-state index in [4.69, 9.17) is 0 Å². The predicted octanol–water partition coefficient (Wildman–Crippen LogP) is 2.37. The molecule has 2 N–H and O–H groups in total. The maximum absolute atomic E-state index is 12.2. The van der Waals surface area contributed by atoms with Crippen molar-refractivity contribution in [1.29, 1.82) is 0 Å². The number of hydrogen-bond acceptors (Lipinski definition) is 2. The van der Waals surface area contributed by atoms with Crippen molar-refractivity contribution in [2.24, 2.45) is 5.92 Å². The second-order valence-corrected chi connectivity index (χ2v) is 5.40. The molecule has 0 saturated carbocycles. The molecule has 2 unspecified atom stereocenters. The molecule has 1 fully saturated rings. The lowest BCUT2D eigenvalue weighted by Gasteiger charge is -2.30. The van der Waals surface area contributed by atoms with E-state index >= 15 is 0 Å². The van der Waals surface area contributed by atoms with E-state index < -0.39 is 0 Å². The van der Waals surface area contributed by atoms with Crippen molar-refractivity contribution < 1.29 is 4.79 Å². The van der Waals surface area contributed by atoms with E-state index in [0.29, 0.717) is 12.0 Å². The Balaban J connectivity index is 1.93. The van der Waals surface area contributed by atoms with Crippen LogP contribution in [0.3, 0.4) is 0 Å². The maximum atomic E-state index is 12.2. The smallest absolute Gasteiger partial charge is 0.251 e. The second kappa shape index (κ2) is 6.71. The minimum absolute atomic E-state index is 0.0528. The van der Waals surface area contributed by atoms with Crippen LogP contribution < -0.4 is 10.6 Å². The van der Waals surface area contributed by atoms with Crippen LogP contribution in [0.1, 0.15) is 42.6 Å². The molecule has 0 aromatic heterocycles. The van der Waals surface area contributed by atoms with Crippen molar-refractivity contribution >= 4 is 5.91 Å². The van der Waals surface area contributed by atoms with Gasteiger partial charge in [-0.05, 0) is 43.4 Å². The highest BCUT2D eigenvalue weighted by Gasteiger charge is 2.21. The van der Waals surface area contributed by atoms with Gasteiger partial charge < -0.3 is 10.6 Å². The zero-order valence-electron chi connectivity index (χ0n) is 11.9. The van der Waals surface area contributed by atoms with Gasteiger partial charge in [0.1, 0.15) is 0 Å². The van der Waals surface area contributed by atoms with Crippen molar-refractivity contribution in [2.45, 2.75) is 39.2 Å². The van der Waals surface area contributed by atoms with Crippen LogP contribution in [0.4, 0.5) is 0 Å². The van der Waals surface area contributed by atoms with E-state index in [2.05, 4.69) is 24.5 Å². The molecule has 2 atom stereocenters. The SMILES string of the molecule is CCc1ccccc1C(=O)NCC1NCCCC1C. The van der Waals surface area contributed by atoms with Gasteiger partial charge in [0.05, 0.1) is 0 Å². The summed E-state index contributed by atoms with van der Waals surface area (Å²) in [6.45, 7) is 6.12. The molecular weight excluding hydrogens is 236 g/mol. The first kappa shape index (κ1) is 14.1. The first-order valence-electron chi connectivity index (χ1n) is 7.32. The fourth-order valence-corrected chi connectivity index (χ4v) is 2.74. The van der Waals surface area contributed by atoms with Crippen LogP contribution in [-0.2, 0) is 6.42 Å². The van der Waals surface area contributed by atoms with E-state index in [1.54, 1.807) is 0 Å². The standard InChI is InChI=1S/C16H24N2O/c1-3-13-8-4-5-9-14(13)16(19)18-11-15-12(2)7-6-10-17-15/h4-5,8-9,12,15,17H,3,6-7,10-11H2,1-2H3,(H,18,19). The average molecular weight is 260 g/mol. The predicted molar refractivity (Wildman–Crippen MR) is 78.3 cm³/mol. The van der Waals surface area contributed by atoms with Crippen molar-refractivity contribution in [1.82, 2.24) is 10.6 Å². The van der Waals surface area contributed by atoms with Crippen LogP contribution in [0.25, 0.3) is 0 Å². The van der Waals surface area contributed by atoms with Crippen molar-refractivity contribution in [3.63, 3.8) is 0 Å². The third-order valence-electron chi connectivity index (χ3n) is 4.06. The summed E-state index contributed by atoms with van der Waals surface area (Å²) in [6.07, 6.45) is 3.38. The number of aryl methyl sites for hydroxylation is 1. The van der Waals surface area contributed by atoms with Gasteiger partial charge >= 0.3 is 0 Å². The number of rotatable bonds is 4. The van der Waals surface area contributed by atoms with Gasteiger partial charge in [-0.3, -0.25) is 4.79 Å². The van der Waals surface area contributed by atoms with Crippen LogP contribution in [0, 0.1) is 5.92 Å². The van der Waals surface area contributed by atoms with Gasteiger partial charge in [0.15, 0.2) is 0 Å². The van der Waals surface area contributed by atoms with Gasteiger partial charge in [-0.1, -0.05) is 32.0 Å². The lowest BCUT2D eigenvalue weighted by Crippen LogP contribution is -2.47. The summed E-state index contributed by atoms with van der Waals surface area (Å²) >= 11 is 0. The van der Waals surface area contributed by atoms with Gasteiger partial charge in [-0.15, -0.1) is 0 Å². The van der Waals surface area contributed by atoms with Gasteiger partial charge in [-0.25, -0.2) is 0 Å². The highest BCUT2D eigenvalue weighted by Crippen LogP contribution is 2.15. The number of nitrogens with one attached hydrogen (secondary N) is 2. The van der Waals surface area contributed by atoms with Crippen LogP contribution in [-0.4, -0.2) is 25.0 Å². The van der Waals surface area contributed by atoms with Crippen molar-refractivity contribution in [2.75, 3.05) is 13.1 Å². The van der Waals surface area contributed by atoms with Gasteiger partial charge in [0.2, 0.25) is 0 Å². The number of benzene rings is 1. The normalized spacial score (nSPS) is 23.1. The highest BCUT2D eigenvalue weighted by molar-refractivity contribution is 5.95. The number of piperidine rings is 1. The Hall–Kier alpha value is -1.35. The van der Waals surface area contributed by atoms with Crippen molar-refractivity contribution in [3.05, 3.63) is 35.4 Å². The third-order valence-corrected chi connectivity index (χ3v) is 4.06. The lowest BCUT2D eigenvalue weighted by molar-refractivity contribution is 0.0943. The molecule has 1 aliphatic rings. The monoisotopic (exact) mass is 260 g/mol. The molecule has 2 rings (SSSR count). The molecule has 0 bridgehead atoms. The van der Waals surface area contributed by atoms with E-state index in [1.807, 2.05) is 24.3 Å². The molecule has 1 amide bonds. The molecule has 19 heavy (non-hydrogen) atoms. The molecular formula is C16H24N2O. The fourth-order valence-electron chi connectivity index (χ4n) is 2.74. The largest absolute Gasteiger partial charge is 0.350 e. The van der Waals surface area contributed by atoms with Crippen molar-refractivity contribution in [3.8, 4) is 0 Å². The van der Waals surface area contributed by atoms with Crippen LogP contribution in [0.15, 0.2) is 24.3 Å². The Labute approximate surface area is 115 Å². The molecule has 0 spiro atoms. The van der Waals surface area contributed by atoms with Crippen LogP contribution in [0.5, 0.6) is 0 Å². The Morgan fingerprint density at radius 1 is 1.42 bits per heavy atom. The zero-order chi connectivity index (χ0) is 13.7. The molecule has 0 aliphatic carbocycles. The van der Waals surface area contributed by atoms with Crippen LogP contribution >= 0.6 is 0 Å². The van der Waals surface area contributed by atoms with E-state index in [0.717, 1.165) is 30.6 Å². The molecule has 1 aromatic carbocycles. The number of carbonyl (C=O) groups excluding carboxylic acids is 1. The first-order chi connectivity index (χ1) is 9.22. The molecule has 3 nitrogen and oxygen atoms in total. The van der Waals surface area contributed by atoms with E-state index in [9.17, 15) is 4.79 Å². The third kappa shape index (κ3) is 3.57. The first-order valence-corrected chi connectivity index (χ1v) is 7.32. The van der Waals surface area contributed by atoms with Gasteiger partial charge in [0.25, 0.3) is 5.91 Å². The summed E-state index contributed by atoms with van der Waals surface area (Å²) in [4.78, 5) is 12.2. The summed E-state index contributed by atoms with van der Waals surface area (Å²) in [5, 5.41) is 6.56. The van der Waals surface area contributed by atoms with E-state index in [-0.39, 0.29) is 5.91 Å². The summed E-state index contributed by atoms with van der Waals surface area (Å²) in [7, 11) is 0. The fraction of sp³-hybridized carbons (Fsp3) is 0.562. The lowest BCUT2D eigenvalue weighted by atomic mass is 9.92. The Kier molecular flexibility index (Phi) is 4.97. The molecule has 3 heteroatoms. The summed E-state index contributed by atoms with van der Waals surface area (Å²) in [6, 6.07) is 8.25. The molecule has 104 valence electrons. The molecule has 0 radical (unpaired) electrons. The molecule has 1 aliphatic heterocycles. The number of amides is 1. The number of hydrogen-bond donors (Lipinski definition) is 2. The Morgan fingerprint density at radius 3 is 2.95 bits per heavy atom. The topological polar surface area (TPSA) is 41.1 Å². The summed E-state index contributed by atoms with van der Waals surface area (Å²) < 4.78 is 0. The minimum atomic E-state index is 0.0528.